The second kappa shape index (κ2) is 7.07. The number of benzene rings is 1. The minimum atomic E-state index is -0.515. The molecule has 1 unspecified atom stereocenters. The standard InChI is InChI=1S/C14H18N4O.ClH/c1-10(15)14(19)17-11(2)12-6-3-4-7-13(12)18-9-5-8-16-18;/h3-11H,15H2,1-2H3,(H,17,19);1H/t10-,11?;/m1./s1. The molecule has 0 bridgehead atoms. The lowest BCUT2D eigenvalue weighted by molar-refractivity contribution is -0.122. The van der Waals surface area contributed by atoms with Crippen LogP contribution in [0.4, 0.5) is 0 Å². The van der Waals surface area contributed by atoms with Crippen molar-refractivity contribution in [1.82, 2.24) is 15.1 Å². The Bertz CT molecular complexity index is 554. The van der Waals surface area contributed by atoms with Gasteiger partial charge in [-0.2, -0.15) is 5.10 Å². The van der Waals surface area contributed by atoms with E-state index in [1.54, 1.807) is 17.8 Å². The van der Waals surface area contributed by atoms with Gasteiger partial charge in [-0.15, -0.1) is 12.4 Å². The third-order valence-corrected chi connectivity index (χ3v) is 2.93. The molecule has 20 heavy (non-hydrogen) atoms. The zero-order valence-corrected chi connectivity index (χ0v) is 12.3. The summed E-state index contributed by atoms with van der Waals surface area (Å²) in [5, 5.41) is 7.12. The number of carbonyl (C=O) groups excluding carboxylic acids is 1. The van der Waals surface area contributed by atoms with Gasteiger partial charge in [-0.05, 0) is 31.5 Å². The molecule has 0 aliphatic heterocycles. The number of nitrogens with two attached hydrogens (primary N) is 1. The summed E-state index contributed by atoms with van der Waals surface area (Å²) in [4.78, 5) is 11.7. The van der Waals surface area contributed by atoms with Crippen LogP contribution in [-0.2, 0) is 4.79 Å². The third kappa shape index (κ3) is 3.59. The molecule has 3 N–H and O–H groups in total. The molecule has 0 fully saturated rings. The maximum atomic E-state index is 11.7. The maximum absolute atomic E-state index is 11.7. The van der Waals surface area contributed by atoms with Crippen LogP contribution in [0.2, 0.25) is 0 Å². The number of para-hydroxylation sites is 1. The van der Waals surface area contributed by atoms with E-state index in [0.29, 0.717) is 0 Å². The van der Waals surface area contributed by atoms with Crippen molar-refractivity contribution in [1.29, 1.82) is 0 Å². The highest BCUT2D eigenvalue weighted by atomic mass is 35.5. The lowest BCUT2D eigenvalue weighted by Crippen LogP contribution is -2.39. The van der Waals surface area contributed by atoms with Crippen LogP contribution in [0, 0.1) is 0 Å². The Kier molecular flexibility index (Phi) is 5.73. The lowest BCUT2D eigenvalue weighted by atomic mass is 10.1. The first-order chi connectivity index (χ1) is 9.09. The van der Waals surface area contributed by atoms with Crippen molar-refractivity contribution in [3.05, 3.63) is 48.3 Å². The van der Waals surface area contributed by atoms with E-state index in [1.807, 2.05) is 43.5 Å². The van der Waals surface area contributed by atoms with Gasteiger partial charge < -0.3 is 11.1 Å². The number of amides is 1. The van der Waals surface area contributed by atoms with Gasteiger partial charge in [-0.3, -0.25) is 4.79 Å². The summed E-state index contributed by atoms with van der Waals surface area (Å²) in [6.45, 7) is 3.60. The lowest BCUT2D eigenvalue weighted by Gasteiger charge is -2.19. The first-order valence-corrected chi connectivity index (χ1v) is 6.24. The molecule has 0 spiro atoms. The van der Waals surface area contributed by atoms with E-state index in [9.17, 15) is 4.79 Å². The summed E-state index contributed by atoms with van der Waals surface area (Å²) < 4.78 is 1.78. The van der Waals surface area contributed by atoms with Crippen LogP contribution in [0.3, 0.4) is 0 Å². The summed E-state index contributed by atoms with van der Waals surface area (Å²) in [6.07, 6.45) is 3.60. The van der Waals surface area contributed by atoms with E-state index >= 15 is 0 Å². The van der Waals surface area contributed by atoms with Crippen molar-refractivity contribution in [2.24, 2.45) is 5.73 Å². The van der Waals surface area contributed by atoms with E-state index in [1.165, 1.54) is 0 Å². The van der Waals surface area contributed by atoms with Gasteiger partial charge in [-0.25, -0.2) is 4.68 Å². The molecule has 6 heteroatoms. The van der Waals surface area contributed by atoms with E-state index in [0.717, 1.165) is 11.3 Å². The highest BCUT2D eigenvalue weighted by molar-refractivity contribution is 5.85. The first-order valence-electron chi connectivity index (χ1n) is 6.24. The van der Waals surface area contributed by atoms with Gasteiger partial charge in [0.1, 0.15) is 0 Å². The molecule has 5 nitrogen and oxygen atoms in total. The molecule has 1 aromatic heterocycles. The Morgan fingerprint density at radius 2 is 2.00 bits per heavy atom. The molecule has 2 atom stereocenters. The van der Waals surface area contributed by atoms with E-state index < -0.39 is 6.04 Å². The monoisotopic (exact) mass is 294 g/mol. The second-order valence-corrected chi connectivity index (χ2v) is 4.53. The number of rotatable bonds is 4. The van der Waals surface area contributed by atoms with E-state index in [2.05, 4.69) is 10.4 Å². The number of carbonyl (C=O) groups is 1. The topological polar surface area (TPSA) is 72.9 Å². The fourth-order valence-corrected chi connectivity index (χ4v) is 1.90. The predicted octanol–water partition coefficient (Wildman–Crippen LogP) is 1.82. The van der Waals surface area contributed by atoms with Crippen molar-refractivity contribution >= 4 is 18.3 Å². The second-order valence-electron chi connectivity index (χ2n) is 4.53. The SMILES string of the molecule is CC(NC(=O)[C@@H](C)N)c1ccccc1-n1cccn1.Cl. The average molecular weight is 295 g/mol. The van der Waals surface area contributed by atoms with Crippen molar-refractivity contribution in [3.8, 4) is 5.69 Å². The number of hydrogen-bond acceptors (Lipinski definition) is 3. The Labute approximate surface area is 124 Å². The largest absolute Gasteiger partial charge is 0.348 e. The van der Waals surface area contributed by atoms with Crippen LogP contribution in [-0.4, -0.2) is 21.7 Å². The van der Waals surface area contributed by atoms with Crippen LogP contribution >= 0.6 is 12.4 Å². The third-order valence-electron chi connectivity index (χ3n) is 2.93. The van der Waals surface area contributed by atoms with Gasteiger partial charge in [0.25, 0.3) is 0 Å². The summed E-state index contributed by atoms with van der Waals surface area (Å²) >= 11 is 0. The van der Waals surface area contributed by atoms with Gasteiger partial charge in [0.2, 0.25) is 5.91 Å². The van der Waals surface area contributed by atoms with Crippen LogP contribution in [0.5, 0.6) is 0 Å². The van der Waals surface area contributed by atoms with Crippen molar-refractivity contribution in [2.45, 2.75) is 25.9 Å². The van der Waals surface area contributed by atoms with E-state index in [4.69, 9.17) is 5.73 Å². The zero-order chi connectivity index (χ0) is 13.8. The Morgan fingerprint density at radius 1 is 1.30 bits per heavy atom. The van der Waals surface area contributed by atoms with Crippen LogP contribution in [0.1, 0.15) is 25.5 Å². The molecule has 1 heterocycles. The van der Waals surface area contributed by atoms with Crippen molar-refractivity contribution in [2.75, 3.05) is 0 Å². The van der Waals surface area contributed by atoms with Crippen LogP contribution in [0.15, 0.2) is 42.7 Å². The zero-order valence-electron chi connectivity index (χ0n) is 11.5. The Morgan fingerprint density at radius 3 is 2.60 bits per heavy atom. The molecule has 2 rings (SSSR count). The average Bonchev–Trinajstić information content (AvgIpc) is 2.92. The maximum Gasteiger partial charge on any atom is 0.237 e. The van der Waals surface area contributed by atoms with Crippen LogP contribution < -0.4 is 11.1 Å². The molecule has 0 aliphatic carbocycles. The molecule has 0 radical (unpaired) electrons. The van der Waals surface area contributed by atoms with Gasteiger partial charge >= 0.3 is 0 Å². The highest BCUT2D eigenvalue weighted by Gasteiger charge is 2.15. The molecule has 1 amide bonds. The fourth-order valence-electron chi connectivity index (χ4n) is 1.90. The normalized spacial score (nSPS) is 13.2. The van der Waals surface area contributed by atoms with Gasteiger partial charge in [0.05, 0.1) is 17.8 Å². The number of nitrogens with zero attached hydrogens (tertiary/aromatic N) is 2. The Balaban J connectivity index is 0.00000200. The molecule has 1 aromatic carbocycles. The number of nitrogens with one attached hydrogen (secondary N) is 1. The number of hydrogen-bond donors (Lipinski definition) is 2. The summed E-state index contributed by atoms with van der Waals surface area (Å²) in [5.74, 6) is -0.164. The molecule has 0 aliphatic rings. The number of halogens is 1. The minimum absolute atomic E-state index is 0. The van der Waals surface area contributed by atoms with Gasteiger partial charge in [0.15, 0.2) is 0 Å². The van der Waals surface area contributed by atoms with Gasteiger partial charge in [-0.1, -0.05) is 18.2 Å². The Hall–Kier alpha value is -1.85. The highest BCUT2D eigenvalue weighted by Crippen LogP contribution is 2.20. The molecular weight excluding hydrogens is 276 g/mol. The molecular formula is C14H19ClN4O. The number of aromatic nitrogens is 2. The quantitative estimate of drug-likeness (QED) is 0.903. The summed E-state index contributed by atoms with van der Waals surface area (Å²) in [6, 6.07) is 9.05. The molecule has 0 saturated carbocycles. The van der Waals surface area contributed by atoms with Crippen LogP contribution in [0.25, 0.3) is 5.69 Å². The van der Waals surface area contributed by atoms with E-state index in [-0.39, 0.29) is 24.4 Å². The minimum Gasteiger partial charge on any atom is -0.348 e. The molecule has 108 valence electrons. The molecule has 2 aromatic rings. The summed E-state index contributed by atoms with van der Waals surface area (Å²) in [7, 11) is 0. The predicted molar refractivity (Wildman–Crippen MR) is 81.0 cm³/mol. The van der Waals surface area contributed by atoms with Gasteiger partial charge in [0, 0.05) is 12.4 Å². The fraction of sp³-hybridized carbons (Fsp3) is 0.286. The smallest absolute Gasteiger partial charge is 0.237 e. The van der Waals surface area contributed by atoms with Crippen molar-refractivity contribution < 1.29 is 4.79 Å². The molecule has 0 saturated heterocycles. The summed E-state index contributed by atoms with van der Waals surface area (Å²) in [5.41, 5.74) is 7.51. The van der Waals surface area contributed by atoms with Crippen molar-refractivity contribution in [3.63, 3.8) is 0 Å². The first kappa shape index (κ1) is 16.2.